The summed E-state index contributed by atoms with van der Waals surface area (Å²) in [4.78, 5) is 26.5. The van der Waals surface area contributed by atoms with Crippen molar-refractivity contribution in [2.24, 2.45) is 0 Å². The zero-order chi connectivity index (χ0) is 17.4. The molecule has 1 aliphatic rings. The normalized spacial score (nSPS) is 17.5. The van der Waals surface area contributed by atoms with E-state index in [-0.39, 0.29) is 18.2 Å². The van der Waals surface area contributed by atoms with Crippen molar-refractivity contribution < 1.29 is 9.59 Å². The number of amides is 2. The molecule has 6 heteroatoms. The highest BCUT2D eigenvalue weighted by atomic mass is 35.5. The van der Waals surface area contributed by atoms with Crippen LogP contribution in [0.25, 0.3) is 0 Å². The molecule has 0 aromatic heterocycles. The molecular weight excluding hydrogens is 347 g/mol. The van der Waals surface area contributed by atoms with Crippen LogP contribution in [0.2, 0.25) is 10.0 Å². The van der Waals surface area contributed by atoms with Gasteiger partial charge in [0.2, 0.25) is 5.91 Å². The third-order valence-electron chi connectivity index (χ3n) is 4.07. The number of halogens is 2. The minimum atomic E-state index is -0.617. The highest BCUT2D eigenvalue weighted by Gasteiger charge is 2.40. The van der Waals surface area contributed by atoms with Crippen LogP contribution in [0.3, 0.4) is 0 Å². The number of anilines is 2. The molecule has 1 aliphatic heterocycles. The Bertz CT molecular complexity index is 816. The number of imide groups is 1. The Morgan fingerprint density at radius 3 is 2.33 bits per heavy atom. The number of para-hydroxylation sites is 1. The van der Waals surface area contributed by atoms with Gasteiger partial charge in [0.25, 0.3) is 5.91 Å². The van der Waals surface area contributed by atoms with Crippen LogP contribution in [0.1, 0.15) is 17.5 Å². The largest absolute Gasteiger partial charge is 0.373 e. The molecule has 1 atom stereocenters. The maximum Gasteiger partial charge on any atom is 0.256 e. The Morgan fingerprint density at radius 1 is 1.04 bits per heavy atom. The van der Waals surface area contributed by atoms with Gasteiger partial charge in [-0.2, -0.15) is 0 Å². The number of nitrogens with one attached hydrogen (secondary N) is 1. The van der Waals surface area contributed by atoms with Gasteiger partial charge < -0.3 is 5.32 Å². The fraction of sp³-hybridized carbons (Fsp3) is 0.222. The zero-order valence-corrected chi connectivity index (χ0v) is 14.8. The van der Waals surface area contributed by atoms with Crippen molar-refractivity contribution in [2.75, 3.05) is 10.2 Å². The molecule has 0 unspecified atom stereocenters. The van der Waals surface area contributed by atoms with Gasteiger partial charge in [-0.3, -0.25) is 9.59 Å². The molecule has 1 saturated heterocycles. The second kappa shape index (κ2) is 6.46. The van der Waals surface area contributed by atoms with E-state index in [1.54, 1.807) is 18.2 Å². The second-order valence-corrected chi connectivity index (χ2v) is 6.65. The van der Waals surface area contributed by atoms with Crippen LogP contribution in [0.4, 0.5) is 11.4 Å². The Morgan fingerprint density at radius 2 is 1.71 bits per heavy atom. The summed E-state index contributed by atoms with van der Waals surface area (Å²) in [5.74, 6) is -0.474. The first-order valence-electron chi connectivity index (χ1n) is 7.53. The van der Waals surface area contributed by atoms with Gasteiger partial charge in [-0.15, -0.1) is 0 Å². The number of hydrogen-bond acceptors (Lipinski definition) is 3. The first-order valence-corrected chi connectivity index (χ1v) is 8.28. The van der Waals surface area contributed by atoms with Gasteiger partial charge >= 0.3 is 0 Å². The standard InChI is InChI=1S/C18H16Cl2N2O2/c1-10-4-3-5-11(2)17(10)22-16(23)9-15(18(22)24)21-12-6-7-13(19)14(20)8-12/h3-8,15,21H,9H2,1-2H3/t15-/m1/s1. The van der Waals surface area contributed by atoms with Gasteiger partial charge in [0.1, 0.15) is 6.04 Å². The average molecular weight is 363 g/mol. The topological polar surface area (TPSA) is 49.4 Å². The fourth-order valence-electron chi connectivity index (χ4n) is 2.93. The maximum atomic E-state index is 12.8. The minimum absolute atomic E-state index is 0.104. The van der Waals surface area contributed by atoms with Crippen LogP contribution in [-0.4, -0.2) is 17.9 Å². The summed E-state index contributed by atoms with van der Waals surface area (Å²) in [5, 5.41) is 3.90. The monoisotopic (exact) mass is 362 g/mol. The van der Waals surface area contributed by atoms with Gasteiger partial charge in [0.15, 0.2) is 0 Å². The SMILES string of the molecule is Cc1cccc(C)c1N1C(=O)C[C@@H](Nc2ccc(Cl)c(Cl)c2)C1=O. The van der Waals surface area contributed by atoms with Crippen molar-refractivity contribution in [3.05, 3.63) is 57.6 Å². The number of carbonyl (C=O) groups excluding carboxylic acids is 2. The van der Waals surface area contributed by atoms with Gasteiger partial charge in [-0.05, 0) is 43.2 Å². The molecule has 4 nitrogen and oxygen atoms in total. The lowest BCUT2D eigenvalue weighted by molar-refractivity contribution is -0.121. The third-order valence-corrected chi connectivity index (χ3v) is 4.81. The van der Waals surface area contributed by atoms with E-state index in [0.717, 1.165) is 11.1 Å². The van der Waals surface area contributed by atoms with Gasteiger partial charge in [0, 0.05) is 5.69 Å². The molecule has 1 heterocycles. The molecule has 2 aromatic carbocycles. The molecule has 1 N–H and O–H groups in total. The van der Waals surface area contributed by atoms with Gasteiger partial charge in [0.05, 0.1) is 22.2 Å². The van der Waals surface area contributed by atoms with E-state index >= 15 is 0 Å². The van der Waals surface area contributed by atoms with Crippen molar-refractivity contribution in [3.63, 3.8) is 0 Å². The summed E-state index contributed by atoms with van der Waals surface area (Å²) in [7, 11) is 0. The molecule has 2 aromatic rings. The maximum absolute atomic E-state index is 12.8. The first kappa shape index (κ1) is 16.8. The summed E-state index contributed by atoms with van der Waals surface area (Å²) in [6.45, 7) is 3.78. The molecule has 0 saturated carbocycles. The number of aryl methyl sites for hydroxylation is 2. The molecule has 0 aliphatic carbocycles. The highest BCUT2D eigenvalue weighted by Crippen LogP contribution is 2.31. The Hall–Kier alpha value is -2.04. The first-order chi connectivity index (χ1) is 11.4. The number of nitrogens with zero attached hydrogens (tertiary/aromatic N) is 1. The molecular formula is C18H16Cl2N2O2. The molecule has 3 rings (SSSR count). The summed E-state index contributed by atoms with van der Waals surface area (Å²) in [6.07, 6.45) is 0.104. The number of carbonyl (C=O) groups is 2. The van der Waals surface area contributed by atoms with Crippen LogP contribution in [0, 0.1) is 13.8 Å². The van der Waals surface area contributed by atoms with Crippen molar-refractivity contribution in [2.45, 2.75) is 26.3 Å². The van der Waals surface area contributed by atoms with Crippen molar-refractivity contribution in [3.8, 4) is 0 Å². The molecule has 24 heavy (non-hydrogen) atoms. The Labute approximate surface area is 150 Å². The van der Waals surface area contributed by atoms with Crippen LogP contribution in [0.15, 0.2) is 36.4 Å². The van der Waals surface area contributed by atoms with Crippen LogP contribution < -0.4 is 10.2 Å². The van der Waals surface area contributed by atoms with Gasteiger partial charge in [-0.25, -0.2) is 4.90 Å². The number of hydrogen-bond donors (Lipinski definition) is 1. The van der Waals surface area contributed by atoms with E-state index in [4.69, 9.17) is 23.2 Å². The van der Waals surface area contributed by atoms with E-state index in [0.29, 0.717) is 21.4 Å². The fourth-order valence-corrected chi connectivity index (χ4v) is 3.22. The van der Waals surface area contributed by atoms with E-state index in [1.807, 2.05) is 32.0 Å². The van der Waals surface area contributed by atoms with Crippen molar-refractivity contribution >= 4 is 46.4 Å². The summed E-state index contributed by atoms with van der Waals surface area (Å²) < 4.78 is 0. The number of rotatable bonds is 3. The smallest absolute Gasteiger partial charge is 0.256 e. The van der Waals surface area contributed by atoms with E-state index in [1.165, 1.54) is 4.90 Å². The lowest BCUT2D eigenvalue weighted by atomic mass is 10.1. The second-order valence-electron chi connectivity index (χ2n) is 5.84. The molecule has 0 spiro atoms. The lowest BCUT2D eigenvalue weighted by Crippen LogP contribution is -2.35. The summed E-state index contributed by atoms with van der Waals surface area (Å²) in [6, 6.07) is 10.1. The molecule has 2 amide bonds. The molecule has 0 radical (unpaired) electrons. The molecule has 0 bridgehead atoms. The number of benzene rings is 2. The molecule has 124 valence electrons. The van der Waals surface area contributed by atoms with E-state index < -0.39 is 6.04 Å². The predicted octanol–water partition coefficient (Wildman–Crippen LogP) is 4.35. The van der Waals surface area contributed by atoms with Crippen LogP contribution >= 0.6 is 23.2 Å². The van der Waals surface area contributed by atoms with Crippen molar-refractivity contribution in [1.82, 2.24) is 0 Å². The third kappa shape index (κ3) is 2.99. The van der Waals surface area contributed by atoms with Crippen LogP contribution in [-0.2, 0) is 9.59 Å². The van der Waals surface area contributed by atoms with E-state index in [2.05, 4.69) is 5.32 Å². The quantitative estimate of drug-likeness (QED) is 0.825. The highest BCUT2D eigenvalue weighted by molar-refractivity contribution is 6.42. The zero-order valence-electron chi connectivity index (χ0n) is 13.3. The Kier molecular flexibility index (Phi) is 4.52. The van der Waals surface area contributed by atoms with Crippen molar-refractivity contribution in [1.29, 1.82) is 0 Å². The minimum Gasteiger partial charge on any atom is -0.373 e. The van der Waals surface area contributed by atoms with E-state index in [9.17, 15) is 9.59 Å². The summed E-state index contributed by atoms with van der Waals surface area (Å²) in [5.41, 5.74) is 3.11. The lowest BCUT2D eigenvalue weighted by Gasteiger charge is -2.20. The Balaban J connectivity index is 1.88. The predicted molar refractivity (Wildman–Crippen MR) is 96.9 cm³/mol. The molecule has 1 fully saturated rings. The van der Waals surface area contributed by atoms with Gasteiger partial charge in [-0.1, -0.05) is 41.4 Å². The summed E-state index contributed by atoms with van der Waals surface area (Å²) >= 11 is 11.9. The average Bonchev–Trinajstić information content (AvgIpc) is 2.78. The van der Waals surface area contributed by atoms with Crippen LogP contribution in [0.5, 0.6) is 0 Å².